The predicted octanol–water partition coefficient (Wildman–Crippen LogP) is 3.68. The fourth-order valence-corrected chi connectivity index (χ4v) is 3.88. The average Bonchev–Trinajstić information content (AvgIpc) is 2.67. The van der Waals surface area contributed by atoms with Crippen LogP contribution in [0.5, 0.6) is 0 Å². The predicted molar refractivity (Wildman–Crippen MR) is 108 cm³/mol. The van der Waals surface area contributed by atoms with Crippen molar-refractivity contribution in [2.75, 3.05) is 57.4 Å². The number of rotatable bonds is 3. The van der Waals surface area contributed by atoms with Gasteiger partial charge in [0, 0.05) is 50.5 Å². The Balaban J connectivity index is 1.78. The van der Waals surface area contributed by atoms with Crippen molar-refractivity contribution in [2.24, 2.45) is 0 Å². The van der Waals surface area contributed by atoms with Gasteiger partial charge in [-0.1, -0.05) is 18.2 Å². The number of nitrogens with zero attached hydrogens (tertiary/aromatic N) is 3. The van der Waals surface area contributed by atoms with Crippen LogP contribution in [0.1, 0.15) is 32.4 Å². The maximum atomic E-state index is 14.2. The zero-order valence-corrected chi connectivity index (χ0v) is 17.7. The van der Waals surface area contributed by atoms with Crippen LogP contribution in [0.3, 0.4) is 0 Å². The van der Waals surface area contributed by atoms with E-state index in [1.54, 1.807) is 45.0 Å². The maximum Gasteiger partial charge on any atom is 0.410 e. The number of carbonyl (C=O) groups excluding carboxylic acids is 1. The Morgan fingerprint density at radius 3 is 2.17 bits per heavy atom. The molecule has 30 heavy (non-hydrogen) atoms. The van der Waals surface area contributed by atoms with Crippen LogP contribution in [0.2, 0.25) is 0 Å². The third kappa shape index (κ3) is 5.57. The van der Waals surface area contributed by atoms with E-state index in [-0.39, 0.29) is 31.7 Å². The molecule has 0 N–H and O–H groups in total. The first-order chi connectivity index (χ1) is 14.1. The molecule has 0 aliphatic carbocycles. The summed E-state index contributed by atoms with van der Waals surface area (Å²) in [6.45, 7) is 8.07. The van der Waals surface area contributed by atoms with E-state index in [0.717, 1.165) is 0 Å². The Morgan fingerprint density at radius 2 is 1.60 bits per heavy atom. The van der Waals surface area contributed by atoms with Gasteiger partial charge >= 0.3 is 12.3 Å². The molecule has 6 nitrogen and oxygen atoms in total. The minimum Gasteiger partial charge on any atom is -0.444 e. The normalized spacial score (nSPS) is 20.2. The van der Waals surface area contributed by atoms with Gasteiger partial charge in [0.25, 0.3) is 0 Å². The van der Waals surface area contributed by atoms with Crippen molar-refractivity contribution < 1.29 is 27.4 Å². The lowest BCUT2D eigenvalue weighted by molar-refractivity contribution is -0.189. The molecule has 1 unspecified atom stereocenters. The largest absolute Gasteiger partial charge is 0.444 e. The van der Waals surface area contributed by atoms with E-state index in [0.29, 0.717) is 32.0 Å². The number of alkyl halides is 3. The average molecular weight is 429 g/mol. The topological polar surface area (TPSA) is 45.2 Å². The fourth-order valence-electron chi connectivity index (χ4n) is 3.88. The number of halogens is 3. The lowest BCUT2D eigenvalue weighted by Gasteiger charge is -2.41. The Kier molecular flexibility index (Phi) is 6.81. The molecule has 168 valence electrons. The first-order valence-electron chi connectivity index (χ1n) is 10.3. The van der Waals surface area contributed by atoms with Gasteiger partial charge in [0.1, 0.15) is 11.6 Å². The van der Waals surface area contributed by atoms with E-state index >= 15 is 0 Å². The summed E-state index contributed by atoms with van der Waals surface area (Å²) in [5.74, 6) is 0. The molecule has 0 saturated carbocycles. The Labute approximate surface area is 175 Å². The van der Waals surface area contributed by atoms with Crippen molar-refractivity contribution in [3.8, 4) is 0 Å². The molecule has 1 aromatic rings. The van der Waals surface area contributed by atoms with Crippen molar-refractivity contribution in [1.29, 1.82) is 0 Å². The summed E-state index contributed by atoms with van der Waals surface area (Å²) in [5.41, 5.74) is 0.204. The smallest absolute Gasteiger partial charge is 0.410 e. The number of benzene rings is 1. The molecule has 0 aromatic heterocycles. The monoisotopic (exact) mass is 429 g/mol. The van der Waals surface area contributed by atoms with Gasteiger partial charge in [-0.15, -0.1) is 0 Å². The van der Waals surface area contributed by atoms with Gasteiger partial charge in [-0.3, -0.25) is 4.90 Å². The molecule has 0 radical (unpaired) electrons. The minimum atomic E-state index is -4.43. The Hall–Kier alpha value is -2.00. The molecule has 1 atom stereocenters. The third-order valence-electron chi connectivity index (χ3n) is 5.22. The number of para-hydroxylation sites is 1. The standard InChI is InChI=1S/C21H30F3N3O3/c1-20(2,3)30-19(28)27-10-8-26(9-11-27)18(21(22,23)24)16-6-4-5-7-17(16)25-12-14-29-15-13-25/h4-7,18H,8-15H2,1-3H3. The van der Waals surface area contributed by atoms with Crippen molar-refractivity contribution in [1.82, 2.24) is 9.80 Å². The highest BCUT2D eigenvalue weighted by molar-refractivity contribution is 5.68. The molecule has 2 fully saturated rings. The van der Waals surface area contributed by atoms with E-state index in [9.17, 15) is 18.0 Å². The van der Waals surface area contributed by atoms with Crippen LogP contribution in [-0.4, -0.2) is 80.2 Å². The lowest BCUT2D eigenvalue weighted by atomic mass is 10.0. The highest BCUT2D eigenvalue weighted by Gasteiger charge is 2.47. The summed E-state index contributed by atoms with van der Waals surface area (Å²) in [4.78, 5) is 17.1. The first kappa shape index (κ1) is 22.7. The number of hydrogen-bond donors (Lipinski definition) is 0. The van der Waals surface area contributed by atoms with Crippen LogP contribution in [0.25, 0.3) is 0 Å². The molecule has 2 heterocycles. The van der Waals surface area contributed by atoms with Crippen molar-refractivity contribution in [2.45, 2.75) is 38.6 Å². The van der Waals surface area contributed by atoms with Crippen LogP contribution < -0.4 is 4.90 Å². The summed E-state index contributed by atoms with van der Waals surface area (Å²) in [6, 6.07) is 4.99. The molecule has 9 heteroatoms. The van der Waals surface area contributed by atoms with Crippen molar-refractivity contribution in [3.05, 3.63) is 29.8 Å². The number of morpholine rings is 1. The highest BCUT2D eigenvalue weighted by Crippen LogP contribution is 2.42. The molecule has 2 aliphatic rings. The zero-order valence-electron chi connectivity index (χ0n) is 17.7. The summed E-state index contributed by atoms with van der Waals surface area (Å²) < 4.78 is 53.4. The summed E-state index contributed by atoms with van der Waals surface area (Å²) >= 11 is 0. The quantitative estimate of drug-likeness (QED) is 0.734. The minimum absolute atomic E-state index is 0.126. The molecule has 3 rings (SSSR count). The lowest BCUT2D eigenvalue weighted by Crippen LogP contribution is -2.53. The number of anilines is 1. The van der Waals surface area contributed by atoms with E-state index in [1.807, 2.05) is 4.90 Å². The van der Waals surface area contributed by atoms with Gasteiger partial charge < -0.3 is 19.3 Å². The molecule has 1 amide bonds. The molecular weight excluding hydrogens is 399 g/mol. The fraction of sp³-hybridized carbons (Fsp3) is 0.667. The van der Waals surface area contributed by atoms with Gasteiger partial charge in [-0.25, -0.2) is 4.79 Å². The molecule has 1 aromatic carbocycles. The summed E-state index contributed by atoms with van der Waals surface area (Å²) in [7, 11) is 0. The molecule has 2 aliphatic heterocycles. The van der Waals surface area contributed by atoms with Gasteiger partial charge in [0.15, 0.2) is 0 Å². The molecular formula is C21H30F3N3O3. The molecule has 2 saturated heterocycles. The number of carbonyl (C=O) groups is 1. The van der Waals surface area contributed by atoms with Gasteiger partial charge in [-0.05, 0) is 26.8 Å². The zero-order chi connectivity index (χ0) is 21.9. The second-order valence-corrected chi connectivity index (χ2v) is 8.61. The first-order valence-corrected chi connectivity index (χ1v) is 10.3. The van der Waals surface area contributed by atoms with Gasteiger partial charge in [0.05, 0.1) is 13.2 Å². The number of piperazine rings is 1. The maximum absolute atomic E-state index is 14.2. The number of amides is 1. The van der Waals surface area contributed by atoms with Crippen LogP contribution in [0, 0.1) is 0 Å². The second kappa shape index (κ2) is 9.01. The number of hydrogen-bond acceptors (Lipinski definition) is 5. The molecule has 0 spiro atoms. The summed E-state index contributed by atoms with van der Waals surface area (Å²) in [5, 5.41) is 0. The number of ether oxygens (including phenoxy) is 2. The van der Waals surface area contributed by atoms with Crippen LogP contribution in [-0.2, 0) is 9.47 Å². The highest BCUT2D eigenvalue weighted by atomic mass is 19.4. The van der Waals surface area contributed by atoms with E-state index < -0.39 is 23.9 Å². The van der Waals surface area contributed by atoms with Crippen molar-refractivity contribution in [3.63, 3.8) is 0 Å². The van der Waals surface area contributed by atoms with Crippen molar-refractivity contribution >= 4 is 11.8 Å². The van der Waals surface area contributed by atoms with Crippen LogP contribution >= 0.6 is 0 Å². The molecule has 0 bridgehead atoms. The van der Waals surface area contributed by atoms with Gasteiger partial charge in [-0.2, -0.15) is 13.2 Å². The second-order valence-electron chi connectivity index (χ2n) is 8.61. The van der Waals surface area contributed by atoms with E-state index in [2.05, 4.69) is 0 Å². The van der Waals surface area contributed by atoms with Crippen LogP contribution in [0.4, 0.5) is 23.7 Å². The third-order valence-corrected chi connectivity index (χ3v) is 5.22. The SMILES string of the molecule is CC(C)(C)OC(=O)N1CCN(C(c2ccccc2N2CCOCC2)C(F)(F)F)CC1. The van der Waals surface area contributed by atoms with E-state index in [4.69, 9.17) is 9.47 Å². The van der Waals surface area contributed by atoms with E-state index in [1.165, 1.54) is 9.80 Å². The Morgan fingerprint density at radius 1 is 1.00 bits per heavy atom. The summed E-state index contributed by atoms with van der Waals surface area (Å²) in [6.07, 6.45) is -4.92. The van der Waals surface area contributed by atoms with Gasteiger partial charge in [0.2, 0.25) is 0 Å². The Bertz CT molecular complexity index is 722. The van der Waals surface area contributed by atoms with Crippen LogP contribution in [0.15, 0.2) is 24.3 Å².